The van der Waals surface area contributed by atoms with E-state index >= 15 is 0 Å². The van der Waals surface area contributed by atoms with Crippen molar-refractivity contribution in [3.63, 3.8) is 0 Å². The molecule has 0 atom stereocenters. The summed E-state index contributed by atoms with van der Waals surface area (Å²) in [5.74, 6) is -0.185. The zero-order valence-corrected chi connectivity index (χ0v) is 15.7. The summed E-state index contributed by atoms with van der Waals surface area (Å²) in [5, 5.41) is 12.6. The topological polar surface area (TPSA) is 78.9 Å². The zero-order valence-electron chi connectivity index (χ0n) is 14.9. The van der Waals surface area contributed by atoms with E-state index in [4.69, 9.17) is 4.74 Å². The summed E-state index contributed by atoms with van der Waals surface area (Å²) in [6.07, 6.45) is 0.612. The summed E-state index contributed by atoms with van der Waals surface area (Å²) in [7, 11) is 0. The molecule has 0 spiro atoms. The van der Waals surface area contributed by atoms with Crippen molar-refractivity contribution in [2.75, 3.05) is 39.4 Å². The summed E-state index contributed by atoms with van der Waals surface area (Å²) in [4.78, 5) is 25.7. The highest BCUT2D eigenvalue weighted by Crippen LogP contribution is 2.25. The molecule has 1 heterocycles. The number of halogens is 1. The van der Waals surface area contributed by atoms with Gasteiger partial charge < -0.3 is 15.2 Å². The van der Waals surface area contributed by atoms with Gasteiger partial charge in [-0.3, -0.25) is 14.5 Å². The average Bonchev–Trinajstić information content (AvgIpc) is 2.69. The average molecular weight is 391 g/mol. The molecule has 144 valence electrons. The van der Waals surface area contributed by atoms with Crippen molar-refractivity contribution in [1.82, 2.24) is 10.2 Å². The third-order valence-electron chi connectivity index (χ3n) is 4.43. The molecule has 27 heavy (non-hydrogen) atoms. The Balaban J connectivity index is 0.00000261. The highest BCUT2D eigenvalue weighted by Gasteiger charge is 2.12. The molecule has 0 radical (unpaired) electrons. The van der Waals surface area contributed by atoms with Crippen molar-refractivity contribution in [2.45, 2.75) is 0 Å². The third-order valence-corrected chi connectivity index (χ3v) is 4.43. The Hall–Kier alpha value is -2.41. The van der Waals surface area contributed by atoms with E-state index in [1.54, 1.807) is 30.3 Å². The van der Waals surface area contributed by atoms with Crippen LogP contribution in [0.25, 0.3) is 11.1 Å². The lowest BCUT2D eigenvalue weighted by Gasteiger charge is -2.26. The Morgan fingerprint density at radius 2 is 1.89 bits per heavy atom. The number of phenols is 1. The van der Waals surface area contributed by atoms with Crippen LogP contribution in [-0.2, 0) is 4.74 Å². The molecule has 6 nitrogen and oxygen atoms in total. The van der Waals surface area contributed by atoms with Crippen LogP contribution < -0.4 is 5.32 Å². The number of hydrogen-bond donors (Lipinski definition) is 2. The van der Waals surface area contributed by atoms with E-state index in [0.717, 1.165) is 44.0 Å². The van der Waals surface area contributed by atoms with Gasteiger partial charge in [0.2, 0.25) is 0 Å². The molecule has 0 unspecified atom stereocenters. The second-order valence-corrected chi connectivity index (χ2v) is 6.18. The van der Waals surface area contributed by atoms with Crippen molar-refractivity contribution in [1.29, 1.82) is 0 Å². The van der Waals surface area contributed by atoms with Crippen LogP contribution in [0.3, 0.4) is 0 Å². The molecule has 3 rings (SSSR count). The fraction of sp³-hybridized carbons (Fsp3) is 0.300. The van der Waals surface area contributed by atoms with Gasteiger partial charge in [0.15, 0.2) is 6.29 Å². The van der Waals surface area contributed by atoms with Gasteiger partial charge in [0.05, 0.1) is 18.8 Å². The van der Waals surface area contributed by atoms with E-state index in [1.165, 1.54) is 6.07 Å². The van der Waals surface area contributed by atoms with Crippen LogP contribution in [0.4, 0.5) is 0 Å². The van der Waals surface area contributed by atoms with Gasteiger partial charge in [0.25, 0.3) is 5.91 Å². The molecule has 1 amide bonds. The molecule has 1 fully saturated rings. The molecular weight excluding hydrogens is 368 g/mol. The number of benzene rings is 2. The number of rotatable bonds is 6. The maximum absolute atomic E-state index is 12.4. The van der Waals surface area contributed by atoms with Crippen LogP contribution in [-0.4, -0.2) is 61.6 Å². The maximum atomic E-state index is 12.4. The number of morpholine rings is 1. The second kappa shape index (κ2) is 10.1. The number of aromatic hydroxyl groups is 1. The van der Waals surface area contributed by atoms with E-state index < -0.39 is 0 Å². The summed E-state index contributed by atoms with van der Waals surface area (Å²) in [5.41, 5.74) is 2.37. The normalized spacial score (nSPS) is 14.2. The number of aldehydes is 1. The molecule has 1 aliphatic rings. The molecule has 2 aromatic rings. The molecule has 2 N–H and O–H groups in total. The number of hydrogen-bond acceptors (Lipinski definition) is 5. The fourth-order valence-corrected chi connectivity index (χ4v) is 2.92. The van der Waals surface area contributed by atoms with Crippen molar-refractivity contribution in [3.8, 4) is 16.9 Å². The van der Waals surface area contributed by atoms with Crippen LogP contribution in [0.5, 0.6) is 5.75 Å². The number of ether oxygens (including phenoxy) is 1. The van der Waals surface area contributed by atoms with Crippen LogP contribution in [0, 0.1) is 0 Å². The first kappa shape index (κ1) is 20.9. The quantitative estimate of drug-likeness (QED) is 0.740. The Morgan fingerprint density at radius 3 is 2.63 bits per heavy atom. The number of amides is 1. The van der Waals surface area contributed by atoms with Gasteiger partial charge in [-0.05, 0) is 35.4 Å². The Morgan fingerprint density at radius 1 is 1.15 bits per heavy atom. The van der Waals surface area contributed by atoms with Gasteiger partial charge in [-0.1, -0.05) is 18.2 Å². The first-order valence-corrected chi connectivity index (χ1v) is 8.64. The van der Waals surface area contributed by atoms with E-state index in [-0.39, 0.29) is 29.6 Å². The van der Waals surface area contributed by atoms with Crippen LogP contribution >= 0.6 is 12.4 Å². The monoisotopic (exact) mass is 390 g/mol. The largest absolute Gasteiger partial charge is 0.507 e. The van der Waals surface area contributed by atoms with Crippen molar-refractivity contribution in [3.05, 3.63) is 53.6 Å². The second-order valence-electron chi connectivity index (χ2n) is 6.18. The molecule has 1 saturated heterocycles. The smallest absolute Gasteiger partial charge is 0.251 e. The molecule has 1 aliphatic heterocycles. The van der Waals surface area contributed by atoms with Crippen molar-refractivity contribution in [2.24, 2.45) is 0 Å². The molecule has 0 bridgehead atoms. The summed E-state index contributed by atoms with van der Waals surface area (Å²) < 4.78 is 5.31. The van der Waals surface area contributed by atoms with Crippen LogP contribution in [0.15, 0.2) is 42.5 Å². The van der Waals surface area contributed by atoms with Crippen LogP contribution in [0.1, 0.15) is 20.7 Å². The minimum absolute atomic E-state index is 0. The Kier molecular flexibility index (Phi) is 7.79. The van der Waals surface area contributed by atoms with E-state index in [1.807, 2.05) is 6.07 Å². The van der Waals surface area contributed by atoms with E-state index in [0.29, 0.717) is 18.4 Å². The first-order chi connectivity index (χ1) is 12.7. The lowest BCUT2D eigenvalue weighted by Crippen LogP contribution is -2.41. The lowest BCUT2D eigenvalue weighted by atomic mass is 10.0. The Labute approximate surface area is 164 Å². The fourth-order valence-electron chi connectivity index (χ4n) is 2.92. The van der Waals surface area contributed by atoms with Crippen molar-refractivity contribution < 1.29 is 19.4 Å². The lowest BCUT2D eigenvalue weighted by molar-refractivity contribution is 0.0383. The standard InChI is InChI=1S/C20H22N2O4.ClH/c23-14-18-13-16(4-5-19(18)24)15-2-1-3-17(12-15)20(25)21-6-7-22-8-10-26-11-9-22;/h1-5,12-14,24H,6-11H2,(H,21,25);1H. The molecule has 7 heteroatoms. The highest BCUT2D eigenvalue weighted by atomic mass is 35.5. The number of carbonyl (C=O) groups excluding carboxylic acids is 2. The predicted molar refractivity (Wildman–Crippen MR) is 106 cm³/mol. The molecular formula is C20H23ClN2O4. The van der Waals surface area contributed by atoms with E-state index in [2.05, 4.69) is 10.2 Å². The molecule has 0 aromatic heterocycles. The van der Waals surface area contributed by atoms with Crippen molar-refractivity contribution >= 4 is 24.6 Å². The SMILES string of the molecule is Cl.O=Cc1cc(-c2cccc(C(=O)NCCN3CCOCC3)c2)ccc1O. The van der Waals surface area contributed by atoms with Gasteiger partial charge >= 0.3 is 0 Å². The van der Waals surface area contributed by atoms with Gasteiger partial charge in [0.1, 0.15) is 5.75 Å². The number of nitrogens with zero attached hydrogens (tertiary/aromatic N) is 1. The van der Waals surface area contributed by atoms with Gasteiger partial charge in [-0.2, -0.15) is 0 Å². The van der Waals surface area contributed by atoms with E-state index in [9.17, 15) is 14.7 Å². The first-order valence-electron chi connectivity index (χ1n) is 8.64. The maximum Gasteiger partial charge on any atom is 0.251 e. The minimum atomic E-state index is -0.130. The number of carbonyl (C=O) groups is 2. The number of phenolic OH excluding ortho intramolecular Hbond substituents is 1. The van der Waals surface area contributed by atoms with Crippen LogP contribution in [0.2, 0.25) is 0 Å². The third kappa shape index (κ3) is 5.53. The van der Waals surface area contributed by atoms with Gasteiger partial charge in [0, 0.05) is 31.7 Å². The number of nitrogens with one attached hydrogen (secondary N) is 1. The van der Waals surface area contributed by atoms with Gasteiger partial charge in [-0.15, -0.1) is 12.4 Å². The highest BCUT2D eigenvalue weighted by molar-refractivity contribution is 5.95. The van der Waals surface area contributed by atoms with Gasteiger partial charge in [-0.25, -0.2) is 0 Å². The molecule has 0 aliphatic carbocycles. The molecule has 2 aromatic carbocycles. The molecule has 0 saturated carbocycles. The summed E-state index contributed by atoms with van der Waals surface area (Å²) in [6, 6.07) is 12.0. The summed E-state index contributed by atoms with van der Waals surface area (Å²) in [6.45, 7) is 4.65. The summed E-state index contributed by atoms with van der Waals surface area (Å²) >= 11 is 0. The minimum Gasteiger partial charge on any atom is -0.507 e. The zero-order chi connectivity index (χ0) is 18.4. The predicted octanol–water partition coefficient (Wildman–Crippen LogP) is 2.36. The Bertz CT molecular complexity index is 791.